The summed E-state index contributed by atoms with van der Waals surface area (Å²) in [5.74, 6) is -2.92. The fraction of sp³-hybridized carbons (Fsp3) is 0.704. The number of methoxy groups -OCH3 is 1. The molecule has 2 aromatic rings. The normalized spacial score (nSPS) is 34.2. The van der Waals surface area contributed by atoms with E-state index in [0.29, 0.717) is 32.4 Å². The number of cyclic esters (lactones) is 1. The van der Waals surface area contributed by atoms with Crippen LogP contribution in [0.1, 0.15) is 105 Å². The number of aldehydes is 1. The molecular formula is C54H82N4O16. The van der Waals surface area contributed by atoms with Crippen LogP contribution in [0.4, 0.5) is 4.79 Å². The van der Waals surface area contributed by atoms with Gasteiger partial charge in [0.05, 0.1) is 42.4 Å². The number of nitrogens with zero attached hydrogens (tertiary/aromatic N) is 3. The number of pyridine rings is 1. The van der Waals surface area contributed by atoms with Gasteiger partial charge in [-0.15, -0.1) is 0 Å². The molecule has 20 heteroatoms. The largest absolute Gasteiger partial charge is 0.462 e. The van der Waals surface area contributed by atoms with Crippen LogP contribution in [0.3, 0.4) is 0 Å². The number of carbonyl (C=O) groups is 5. The molecule has 3 saturated heterocycles. The first-order valence-corrected chi connectivity index (χ1v) is 26.0. The third-order valence-corrected chi connectivity index (χ3v) is 14.3. The van der Waals surface area contributed by atoms with Crippen molar-refractivity contribution in [2.45, 2.75) is 185 Å². The van der Waals surface area contributed by atoms with E-state index in [9.17, 15) is 34.2 Å². The molecule has 414 valence electrons. The summed E-state index contributed by atoms with van der Waals surface area (Å²) < 4.78 is 56.2. The molecule has 0 aliphatic carbocycles. The Kier molecular flexibility index (Phi) is 23.2. The van der Waals surface area contributed by atoms with E-state index in [4.69, 9.17) is 42.6 Å². The minimum Gasteiger partial charge on any atom is -0.462 e. The lowest BCUT2D eigenvalue weighted by molar-refractivity contribution is -0.344. The van der Waals surface area contributed by atoms with Gasteiger partial charge in [-0.2, -0.15) is 0 Å². The summed E-state index contributed by atoms with van der Waals surface area (Å²) in [4.78, 5) is 73.6. The van der Waals surface area contributed by atoms with Crippen molar-refractivity contribution >= 4 is 47.3 Å². The van der Waals surface area contributed by atoms with Crippen LogP contribution >= 0.6 is 0 Å². The third kappa shape index (κ3) is 16.4. The van der Waals surface area contributed by atoms with Crippen molar-refractivity contribution in [2.75, 3.05) is 48.4 Å². The Morgan fingerprint density at radius 1 is 0.986 bits per heavy atom. The molecule has 74 heavy (non-hydrogen) atoms. The molecule has 0 spiro atoms. The Hall–Kier alpha value is -4.64. The Labute approximate surface area is 436 Å². The Morgan fingerprint density at radius 3 is 2.39 bits per heavy atom. The number of carbonyl (C=O) groups excluding carboxylic acids is 5. The second kappa shape index (κ2) is 28.5. The number of alkyl carbamates (subject to hydrolysis) is 1. The number of aliphatic hydroxyl groups excluding tert-OH is 2. The van der Waals surface area contributed by atoms with Gasteiger partial charge in [-0.05, 0) is 97.3 Å². The Bertz CT molecular complexity index is 2160. The zero-order chi connectivity index (χ0) is 54.3. The number of para-hydroxylation sites is 1. The molecule has 3 N–H and O–H groups in total. The number of likely N-dealkylation sites (N-methyl/N-ethyl adjacent to an activating group) is 2. The van der Waals surface area contributed by atoms with E-state index in [1.54, 1.807) is 59.8 Å². The lowest BCUT2D eigenvalue weighted by Gasteiger charge is -2.50. The zero-order valence-electron chi connectivity index (χ0n) is 45.1. The van der Waals surface area contributed by atoms with Gasteiger partial charge in [0.2, 0.25) is 0 Å². The standard InChI is InChI=1S/C54H82N4O16/c1-12-42(61)70-41-28-44(63)69-38(20-16-18-35-27-36-19-14-15-22-39(36)56-30-35)21-17-24-58(10)31-40(60)32(3)26-37(23-25-59)49(50(41)66-11)72-52-47(64)46(57(8)9)48(33(4)68-52)71-45-29-54(6,74-43(62)13-2)51(34(5)67-45)73-53(65)55-7/h14-16,18-19,22,25,27,30,32-34,37-38,40-41,45-52,60,64H,12-13,17,20-21,23-24,26,28-29,31H2,1-11H3,(H,55,65)/b18-16+/t32-,33-,34+,37+,38+,40+,41-,45+,46-,47-,48-,49+,50+,51+,52+,54-/m1/s1. The minimum absolute atomic E-state index is 0.0294. The maximum absolute atomic E-state index is 14.2. The van der Waals surface area contributed by atoms with Gasteiger partial charge in [0.1, 0.15) is 36.8 Å². The molecule has 4 heterocycles. The van der Waals surface area contributed by atoms with Gasteiger partial charge < -0.3 is 72.8 Å². The number of aromatic nitrogens is 1. The average Bonchev–Trinajstić information content (AvgIpc) is 3.35. The van der Waals surface area contributed by atoms with E-state index in [-0.39, 0.29) is 32.1 Å². The molecule has 20 nitrogen and oxygen atoms in total. The number of nitrogens with one attached hydrogen (secondary N) is 1. The van der Waals surface area contributed by atoms with Crippen molar-refractivity contribution in [2.24, 2.45) is 11.8 Å². The maximum atomic E-state index is 14.2. The molecule has 5 rings (SSSR count). The van der Waals surface area contributed by atoms with Crippen molar-refractivity contribution in [1.82, 2.24) is 20.1 Å². The second-order valence-electron chi connectivity index (χ2n) is 20.4. The molecule has 16 atom stereocenters. The number of β-amino-alcohol motifs (C(OH)–C–C–N with tert-alkyl or cyclic N) is 1. The smallest absolute Gasteiger partial charge is 0.407 e. The molecule has 0 radical (unpaired) electrons. The van der Waals surface area contributed by atoms with Crippen LogP contribution in [0.25, 0.3) is 17.0 Å². The van der Waals surface area contributed by atoms with Crippen molar-refractivity contribution in [1.29, 1.82) is 0 Å². The first-order chi connectivity index (χ1) is 35.2. The molecule has 3 aliphatic heterocycles. The van der Waals surface area contributed by atoms with Gasteiger partial charge in [0.15, 0.2) is 24.3 Å². The first kappa shape index (κ1) is 60.2. The fourth-order valence-corrected chi connectivity index (χ4v) is 10.3. The van der Waals surface area contributed by atoms with Crippen LogP contribution in [0.2, 0.25) is 0 Å². The molecule has 3 aliphatic rings. The number of rotatable bonds is 16. The molecule has 0 saturated carbocycles. The van der Waals surface area contributed by atoms with Crippen molar-refractivity contribution < 1.29 is 76.8 Å². The van der Waals surface area contributed by atoms with E-state index >= 15 is 0 Å². The van der Waals surface area contributed by atoms with E-state index in [0.717, 1.165) is 22.8 Å². The molecule has 1 aromatic heterocycles. The summed E-state index contributed by atoms with van der Waals surface area (Å²) in [5.41, 5.74) is 0.388. The van der Waals surface area contributed by atoms with Crippen LogP contribution in [-0.4, -0.2) is 189 Å². The summed E-state index contributed by atoms with van der Waals surface area (Å²) >= 11 is 0. The number of fused-ring (bicyclic) bond motifs is 1. The molecule has 0 bridgehead atoms. The molecule has 1 amide bonds. The fourth-order valence-electron chi connectivity index (χ4n) is 10.3. The number of hydrogen-bond acceptors (Lipinski definition) is 19. The third-order valence-electron chi connectivity index (χ3n) is 14.3. The van der Waals surface area contributed by atoms with Gasteiger partial charge >= 0.3 is 24.0 Å². The van der Waals surface area contributed by atoms with Crippen LogP contribution in [0.5, 0.6) is 0 Å². The first-order valence-electron chi connectivity index (χ1n) is 26.0. The van der Waals surface area contributed by atoms with E-state index < -0.39 is 128 Å². The number of hydrogen-bond donors (Lipinski definition) is 3. The van der Waals surface area contributed by atoms with Gasteiger partial charge in [0, 0.05) is 64.4 Å². The monoisotopic (exact) mass is 1040 g/mol. The quantitative estimate of drug-likeness (QED) is 0.114. The minimum atomic E-state index is -1.45. The predicted octanol–water partition coefficient (Wildman–Crippen LogP) is 4.97. The molecule has 0 unspecified atom stereocenters. The highest BCUT2D eigenvalue weighted by molar-refractivity contribution is 5.80. The number of ether oxygens (including phenoxy) is 9. The van der Waals surface area contributed by atoms with E-state index in [1.807, 2.05) is 61.4 Å². The number of benzene rings is 1. The van der Waals surface area contributed by atoms with Crippen molar-refractivity contribution in [3.05, 3.63) is 48.2 Å². The summed E-state index contributed by atoms with van der Waals surface area (Å²) in [6.07, 6.45) is -5.68. The summed E-state index contributed by atoms with van der Waals surface area (Å²) in [7, 11) is 8.21. The summed E-state index contributed by atoms with van der Waals surface area (Å²) in [6, 6.07) is 9.01. The SMILES string of the molecule is CCC(=O)O[C@@H]1CC(=O)O[C@@H](C/C=C/c2cnc3ccccc3c2)CCCN(C)C[C@H](O)[C@H](C)C[C@H](CC=O)[C@H](O[C@@H]2O[C@H](C)[C@@H](O[C@H]3C[C@@](C)(OC(=O)CC)[C@@H](OC(=O)NC)[C@H](C)O3)[C@H](N(C)C)[C@H]2O)[C@H]1OC. The number of esters is 3. The van der Waals surface area contributed by atoms with Gasteiger partial charge in [-0.1, -0.05) is 51.1 Å². The van der Waals surface area contributed by atoms with E-state index in [2.05, 4.69) is 10.3 Å². The Morgan fingerprint density at radius 2 is 1.72 bits per heavy atom. The average molecular weight is 1040 g/mol. The van der Waals surface area contributed by atoms with Crippen LogP contribution in [0.15, 0.2) is 42.6 Å². The maximum Gasteiger partial charge on any atom is 0.407 e. The van der Waals surface area contributed by atoms with Crippen molar-refractivity contribution in [3.8, 4) is 0 Å². The highest BCUT2D eigenvalue weighted by atomic mass is 16.7. The molecule has 1 aromatic carbocycles. The molecular weight excluding hydrogens is 961 g/mol. The van der Waals surface area contributed by atoms with Crippen LogP contribution in [-0.2, 0) is 61.8 Å². The van der Waals surface area contributed by atoms with Crippen molar-refractivity contribution in [3.63, 3.8) is 0 Å². The number of amides is 1. The predicted molar refractivity (Wildman–Crippen MR) is 272 cm³/mol. The van der Waals surface area contributed by atoms with Crippen LogP contribution < -0.4 is 5.32 Å². The lowest BCUT2D eigenvalue weighted by atomic mass is 9.82. The van der Waals surface area contributed by atoms with Gasteiger partial charge in [-0.25, -0.2) is 4.79 Å². The molecule has 3 fully saturated rings. The highest BCUT2D eigenvalue weighted by Crippen LogP contribution is 2.39. The number of aliphatic hydroxyl groups is 2. The lowest BCUT2D eigenvalue weighted by Crippen LogP contribution is -2.66. The topological polar surface area (TPSA) is 240 Å². The second-order valence-corrected chi connectivity index (χ2v) is 20.4. The van der Waals surface area contributed by atoms with Crippen LogP contribution in [0, 0.1) is 11.8 Å². The van der Waals surface area contributed by atoms with E-state index in [1.165, 1.54) is 14.2 Å². The van der Waals surface area contributed by atoms with Gasteiger partial charge in [0.25, 0.3) is 0 Å². The highest BCUT2D eigenvalue weighted by Gasteiger charge is 2.55. The Balaban J connectivity index is 1.46. The summed E-state index contributed by atoms with van der Waals surface area (Å²) in [6.45, 7) is 11.1. The zero-order valence-corrected chi connectivity index (χ0v) is 45.1. The van der Waals surface area contributed by atoms with Gasteiger partial charge in [-0.3, -0.25) is 19.4 Å². The summed E-state index contributed by atoms with van der Waals surface area (Å²) in [5, 5.41) is 27.5.